The number of rotatable bonds is 3. The molecule has 0 heterocycles. The van der Waals surface area contributed by atoms with E-state index in [1.54, 1.807) is 0 Å². The van der Waals surface area contributed by atoms with E-state index < -0.39 is 0 Å². The largest absolute Gasteiger partial charge is 0.0683 e. The van der Waals surface area contributed by atoms with Crippen LogP contribution < -0.4 is 0 Å². The molecule has 0 fully saturated rings. The van der Waals surface area contributed by atoms with Crippen LogP contribution in [0.4, 0.5) is 0 Å². The number of aryl methyl sites for hydroxylation is 2. The molecule has 0 radical (unpaired) electrons. The minimum atomic E-state index is 1.08. The van der Waals surface area contributed by atoms with Crippen LogP contribution in [0.15, 0.2) is 48.5 Å². The monoisotopic (exact) mass is 282 g/mol. The predicted octanol–water partition coefficient (Wildman–Crippen LogP) is 6.78. The molecule has 0 amide bonds. The van der Waals surface area contributed by atoms with Crippen LogP contribution in [0.2, 0.25) is 0 Å². The summed E-state index contributed by atoms with van der Waals surface area (Å²) in [5.74, 6) is 0. The molecule has 0 bridgehead atoms. The van der Waals surface area contributed by atoms with Gasteiger partial charge >= 0.3 is 0 Å². The number of hydrogen-bond donors (Lipinski definition) is 0. The van der Waals surface area contributed by atoms with E-state index in [2.05, 4.69) is 74.5 Å². The van der Waals surface area contributed by atoms with Crippen molar-refractivity contribution in [3.63, 3.8) is 0 Å². The van der Waals surface area contributed by atoms with Crippen molar-refractivity contribution in [1.82, 2.24) is 0 Å². The van der Waals surface area contributed by atoms with Crippen LogP contribution in [-0.2, 0) is 6.42 Å². The van der Waals surface area contributed by atoms with Gasteiger partial charge in [-0.15, -0.1) is 0 Å². The second-order valence-electron chi connectivity index (χ2n) is 4.30. The van der Waals surface area contributed by atoms with E-state index in [1.165, 1.54) is 22.3 Å². The lowest BCUT2D eigenvalue weighted by Gasteiger charge is -2.02. The highest BCUT2D eigenvalue weighted by Gasteiger charge is 1.94. The van der Waals surface area contributed by atoms with Crippen LogP contribution in [-0.4, -0.2) is 0 Å². The van der Waals surface area contributed by atoms with Crippen molar-refractivity contribution in [1.29, 1.82) is 0 Å². The average Bonchev–Trinajstić information content (AvgIpc) is 2.58. The standard InChI is InChI=1S/C17H18.2C2H6/c1-3-16-6-4-5-7-17(16)13-12-15-10-8-14(2)9-11-15;2*1-2/h4-13H,3H2,1-2H3;2*1-2H3/b13-12+;;. The molecule has 0 aliphatic rings. The summed E-state index contributed by atoms with van der Waals surface area (Å²) in [5, 5.41) is 0. The normalized spacial score (nSPS) is 9.43. The summed E-state index contributed by atoms with van der Waals surface area (Å²) in [6, 6.07) is 17.1. The lowest BCUT2D eigenvalue weighted by Crippen LogP contribution is -1.84. The SMILES string of the molecule is CC.CC.CCc1ccccc1/C=C/c1ccc(C)cc1. The fourth-order valence-corrected chi connectivity index (χ4v) is 1.88. The number of benzene rings is 2. The molecule has 0 nitrogen and oxygen atoms in total. The van der Waals surface area contributed by atoms with Gasteiger partial charge in [-0.3, -0.25) is 0 Å². The molecular weight excluding hydrogens is 252 g/mol. The average molecular weight is 282 g/mol. The molecule has 0 saturated heterocycles. The van der Waals surface area contributed by atoms with Gasteiger partial charge in [0.15, 0.2) is 0 Å². The molecular formula is C21H30. The Morgan fingerprint density at radius 2 is 1.33 bits per heavy atom. The smallest absolute Gasteiger partial charge is 0.0224 e. The van der Waals surface area contributed by atoms with Gasteiger partial charge < -0.3 is 0 Å². The lowest BCUT2D eigenvalue weighted by atomic mass is 10.0. The van der Waals surface area contributed by atoms with Gasteiger partial charge in [-0.05, 0) is 30.0 Å². The summed E-state index contributed by atoms with van der Waals surface area (Å²) in [6.07, 6.45) is 5.45. The molecule has 21 heavy (non-hydrogen) atoms. The lowest BCUT2D eigenvalue weighted by molar-refractivity contribution is 1.13. The maximum atomic E-state index is 2.20. The highest BCUT2D eigenvalue weighted by atomic mass is 14.0. The van der Waals surface area contributed by atoms with Crippen molar-refractivity contribution >= 4 is 12.2 Å². The van der Waals surface area contributed by atoms with Gasteiger partial charge in [0.1, 0.15) is 0 Å². The van der Waals surface area contributed by atoms with Gasteiger partial charge in [0.05, 0.1) is 0 Å². The van der Waals surface area contributed by atoms with Crippen LogP contribution >= 0.6 is 0 Å². The van der Waals surface area contributed by atoms with Crippen LogP contribution in [0, 0.1) is 6.92 Å². The van der Waals surface area contributed by atoms with Crippen molar-refractivity contribution in [3.8, 4) is 0 Å². The van der Waals surface area contributed by atoms with E-state index in [1.807, 2.05) is 27.7 Å². The van der Waals surface area contributed by atoms with Gasteiger partial charge in [-0.2, -0.15) is 0 Å². The van der Waals surface area contributed by atoms with Crippen molar-refractivity contribution in [2.24, 2.45) is 0 Å². The van der Waals surface area contributed by atoms with E-state index in [4.69, 9.17) is 0 Å². The molecule has 0 heteroatoms. The molecule has 0 spiro atoms. The van der Waals surface area contributed by atoms with E-state index in [0.29, 0.717) is 0 Å². The number of hydrogen-bond acceptors (Lipinski definition) is 0. The minimum Gasteiger partial charge on any atom is -0.0683 e. The summed E-state index contributed by atoms with van der Waals surface area (Å²) in [7, 11) is 0. The Bertz CT molecular complexity index is 504. The second kappa shape index (κ2) is 12.0. The zero-order valence-electron chi connectivity index (χ0n) is 14.5. The zero-order chi connectivity index (χ0) is 16.1. The van der Waals surface area contributed by atoms with Crippen LogP contribution in [0.3, 0.4) is 0 Å². The van der Waals surface area contributed by atoms with E-state index >= 15 is 0 Å². The molecule has 0 N–H and O–H groups in total. The molecule has 0 atom stereocenters. The van der Waals surface area contributed by atoms with Crippen molar-refractivity contribution in [2.75, 3.05) is 0 Å². The van der Waals surface area contributed by atoms with Crippen molar-refractivity contribution in [3.05, 3.63) is 70.8 Å². The Hall–Kier alpha value is -1.82. The molecule has 0 saturated carbocycles. The minimum absolute atomic E-state index is 1.08. The summed E-state index contributed by atoms with van der Waals surface area (Å²) < 4.78 is 0. The van der Waals surface area contributed by atoms with Gasteiger partial charge in [-0.1, -0.05) is 101 Å². The van der Waals surface area contributed by atoms with Gasteiger partial charge in [0, 0.05) is 0 Å². The Kier molecular flexibility index (Phi) is 10.9. The Balaban J connectivity index is 0.000000921. The molecule has 114 valence electrons. The van der Waals surface area contributed by atoms with Crippen molar-refractivity contribution in [2.45, 2.75) is 48.0 Å². The third kappa shape index (κ3) is 6.94. The van der Waals surface area contributed by atoms with Gasteiger partial charge in [0.2, 0.25) is 0 Å². The summed E-state index contributed by atoms with van der Waals surface area (Å²) in [4.78, 5) is 0. The third-order valence-electron chi connectivity index (χ3n) is 2.97. The molecule has 0 aliphatic carbocycles. The zero-order valence-corrected chi connectivity index (χ0v) is 14.5. The first kappa shape index (κ1) is 19.2. The molecule has 0 aromatic heterocycles. The molecule has 2 aromatic carbocycles. The topological polar surface area (TPSA) is 0 Å². The summed E-state index contributed by atoms with van der Waals surface area (Å²) in [6.45, 7) is 12.3. The van der Waals surface area contributed by atoms with Gasteiger partial charge in [0.25, 0.3) is 0 Å². The molecule has 2 aromatic rings. The first-order valence-corrected chi connectivity index (χ1v) is 8.12. The Morgan fingerprint density at radius 1 is 0.762 bits per heavy atom. The van der Waals surface area contributed by atoms with Crippen molar-refractivity contribution < 1.29 is 0 Å². The van der Waals surface area contributed by atoms with Crippen LogP contribution in [0.5, 0.6) is 0 Å². The fraction of sp³-hybridized carbons (Fsp3) is 0.333. The quantitative estimate of drug-likeness (QED) is 0.544. The second-order valence-corrected chi connectivity index (χ2v) is 4.30. The van der Waals surface area contributed by atoms with Crippen LogP contribution in [0.1, 0.15) is 56.9 Å². The first-order valence-electron chi connectivity index (χ1n) is 8.12. The van der Waals surface area contributed by atoms with Gasteiger partial charge in [-0.25, -0.2) is 0 Å². The highest BCUT2D eigenvalue weighted by molar-refractivity contribution is 5.71. The third-order valence-corrected chi connectivity index (χ3v) is 2.97. The maximum absolute atomic E-state index is 2.20. The Labute approximate surface area is 131 Å². The summed E-state index contributed by atoms with van der Waals surface area (Å²) >= 11 is 0. The highest BCUT2D eigenvalue weighted by Crippen LogP contribution is 2.14. The Morgan fingerprint density at radius 3 is 1.90 bits per heavy atom. The van der Waals surface area contributed by atoms with E-state index in [-0.39, 0.29) is 0 Å². The maximum Gasteiger partial charge on any atom is -0.0224 e. The van der Waals surface area contributed by atoms with Crippen LogP contribution in [0.25, 0.3) is 12.2 Å². The predicted molar refractivity (Wildman–Crippen MR) is 98.6 cm³/mol. The first-order chi connectivity index (χ1) is 10.3. The molecule has 2 rings (SSSR count). The molecule has 0 unspecified atom stereocenters. The van der Waals surface area contributed by atoms with E-state index in [0.717, 1.165) is 6.42 Å². The summed E-state index contributed by atoms with van der Waals surface area (Å²) in [5.41, 5.74) is 5.27. The fourth-order valence-electron chi connectivity index (χ4n) is 1.88. The van der Waals surface area contributed by atoms with E-state index in [9.17, 15) is 0 Å². The molecule has 0 aliphatic heterocycles.